The fourth-order valence-corrected chi connectivity index (χ4v) is 3.36. The van der Waals surface area contributed by atoms with E-state index in [0.717, 1.165) is 5.56 Å². The molecule has 0 aliphatic carbocycles. The van der Waals surface area contributed by atoms with E-state index >= 15 is 0 Å². The largest absolute Gasteiger partial charge is 0.496 e. The molecule has 0 atom stereocenters. The molecule has 1 amide bonds. The molecule has 0 saturated heterocycles. The summed E-state index contributed by atoms with van der Waals surface area (Å²) < 4.78 is 32.2. The van der Waals surface area contributed by atoms with Gasteiger partial charge in [-0.15, -0.1) is 0 Å². The van der Waals surface area contributed by atoms with E-state index in [1.165, 1.54) is 42.7 Å². The van der Waals surface area contributed by atoms with Crippen molar-refractivity contribution in [2.75, 3.05) is 17.1 Å². The summed E-state index contributed by atoms with van der Waals surface area (Å²) in [5.74, 6) is 0.273. The third-order valence-corrected chi connectivity index (χ3v) is 5.12. The van der Waals surface area contributed by atoms with Gasteiger partial charge in [0.15, 0.2) is 0 Å². The van der Waals surface area contributed by atoms with Crippen molar-refractivity contribution >= 4 is 33.6 Å². The number of hydrogen-bond acceptors (Lipinski definition) is 6. The maximum atomic E-state index is 12.4. The number of benzene rings is 2. The van der Waals surface area contributed by atoms with Crippen molar-refractivity contribution in [2.45, 2.75) is 4.90 Å². The Balaban J connectivity index is 1.65. The van der Waals surface area contributed by atoms with Crippen LogP contribution in [0, 0.1) is 0 Å². The number of ether oxygens (including phenoxy) is 1. The molecule has 29 heavy (non-hydrogen) atoms. The van der Waals surface area contributed by atoms with Gasteiger partial charge in [-0.05, 0) is 42.5 Å². The predicted molar refractivity (Wildman–Crippen MR) is 110 cm³/mol. The summed E-state index contributed by atoms with van der Waals surface area (Å²) in [5, 5.41) is 2.67. The number of carbonyl (C=O) groups excluding carboxylic acids is 1. The van der Waals surface area contributed by atoms with Gasteiger partial charge in [0.25, 0.3) is 10.0 Å². The third kappa shape index (κ3) is 5.39. The van der Waals surface area contributed by atoms with E-state index in [-0.39, 0.29) is 16.8 Å². The smallest absolute Gasteiger partial charge is 0.264 e. The third-order valence-electron chi connectivity index (χ3n) is 3.78. The van der Waals surface area contributed by atoms with Crippen molar-refractivity contribution in [2.24, 2.45) is 0 Å². The number of carbonyl (C=O) groups is 1. The molecule has 0 spiro atoms. The van der Waals surface area contributed by atoms with Crippen LogP contribution in [0.1, 0.15) is 5.56 Å². The van der Waals surface area contributed by atoms with Crippen molar-refractivity contribution in [3.05, 3.63) is 78.6 Å². The zero-order valence-corrected chi connectivity index (χ0v) is 16.3. The number of anilines is 2. The van der Waals surface area contributed by atoms with E-state index in [9.17, 15) is 13.2 Å². The molecule has 9 heteroatoms. The number of para-hydroxylation sites is 1. The molecular weight excluding hydrogens is 392 g/mol. The Kier molecular flexibility index (Phi) is 6.20. The Labute approximate surface area is 168 Å². The van der Waals surface area contributed by atoms with E-state index in [2.05, 4.69) is 20.0 Å². The summed E-state index contributed by atoms with van der Waals surface area (Å²) in [6, 6.07) is 14.6. The Bertz CT molecular complexity index is 1110. The first kappa shape index (κ1) is 20.0. The number of rotatable bonds is 7. The van der Waals surface area contributed by atoms with Crippen LogP contribution in [0.2, 0.25) is 0 Å². The number of aromatic nitrogens is 2. The van der Waals surface area contributed by atoms with Crippen molar-refractivity contribution in [1.82, 2.24) is 9.97 Å². The highest BCUT2D eigenvalue weighted by Gasteiger charge is 2.15. The molecule has 148 valence electrons. The van der Waals surface area contributed by atoms with Gasteiger partial charge in [0.2, 0.25) is 11.9 Å². The minimum Gasteiger partial charge on any atom is -0.496 e. The van der Waals surface area contributed by atoms with Gasteiger partial charge < -0.3 is 10.1 Å². The van der Waals surface area contributed by atoms with E-state index in [1.807, 2.05) is 18.2 Å². The normalized spacial score (nSPS) is 11.2. The van der Waals surface area contributed by atoms with Crippen LogP contribution in [0.5, 0.6) is 5.75 Å². The molecule has 3 rings (SSSR count). The van der Waals surface area contributed by atoms with Crippen LogP contribution in [0.4, 0.5) is 11.6 Å². The zero-order valence-electron chi connectivity index (χ0n) is 15.4. The molecule has 0 aliphatic rings. The molecule has 0 radical (unpaired) electrons. The SMILES string of the molecule is COc1ccccc1C=CC(=O)Nc1ccc(S(=O)(=O)Nc2ncccn2)cc1. The second-order valence-electron chi connectivity index (χ2n) is 5.77. The first-order chi connectivity index (χ1) is 14.0. The van der Waals surface area contributed by atoms with Crippen molar-refractivity contribution in [3.8, 4) is 5.75 Å². The summed E-state index contributed by atoms with van der Waals surface area (Å²) in [4.78, 5) is 19.8. The average molecular weight is 410 g/mol. The molecule has 0 saturated carbocycles. The lowest BCUT2D eigenvalue weighted by Gasteiger charge is -2.07. The quantitative estimate of drug-likeness (QED) is 0.580. The zero-order chi connectivity index (χ0) is 20.7. The van der Waals surface area contributed by atoms with Crippen LogP contribution in [0.15, 0.2) is 78.0 Å². The molecule has 2 N–H and O–H groups in total. The molecule has 0 bridgehead atoms. The average Bonchev–Trinajstić information content (AvgIpc) is 2.73. The second kappa shape index (κ2) is 8.98. The maximum absolute atomic E-state index is 12.4. The summed E-state index contributed by atoms with van der Waals surface area (Å²) in [5.41, 5.74) is 1.22. The number of nitrogens with zero attached hydrogens (tertiary/aromatic N) is 2. The Hall–Kier alpha value is -3.72. The lowest BCUT2D eigenvalue weighted by atomic mass is 10.2. The summed E-state index contributed by atoms with van der Waals surface area (Å²) >= 11 is 0. The molecule has 0 aliphatic heterocycles. The molecule has 1 aromatic heterocycles. The predicted octanol–water partition coefficient (Wildman–Crippen LogP) is 2.94. The fourth-order valence-electron chi connectivity index (χ4n) is 2.40. The molecule has 3 aromatic rings. The van der Waals surface area contributed by atoms with Gasteiger partial charge in [-0.2, -0.15) is 0 Å². The number of methoxy groups -OCH3 is 1. The van der Waals surface area contributed by atoms with Crippen LogP contribution in [0.25, 0.3) is 6.08 Å². The van der Waals surface area contributed by atoms with Gasteiger partial charge in [0, 0.05) is 29.7 Å². The summed E-state index contributed by atoms with van der Waals surface area (Å²) in [7, 11) is -2.27. The number of amides is 1. The Morgan fingerprint density at radius 1 is 1.00 bits per heavy atom. The topological polar surface area (TPSA) is 110 Å². The van der Waals surface area contributed by atoms with Crippen molar-refractivity contribution in [1.29, 1.82) is 0 Å². The Morgan fingerprint density at radius 2 is 1.69 bits per heavy atom. The van der Waals surface area contributed by atoms with Crippen LogP contribution in [-0.2, 0) is 14.8 Å². The molecule has 8 nitrogen and oxygen atoms in total. The molecule has 2 aromatic carbocycles. The summed E-state index contributed by atoms with van der Waals surface area (Å²) in [6.07, 6.45) is 5.87. The second-order valence-corrected chi connectivity index (χ2v) is 7.45. The first-order valence-electron chi connectivity index (χ1n) is 8.50. The minimum absolute atomic E-state index is 0.0208. The molecule has 1 heterocycles. The van der Waals surface area contributed by atoms with Gasteiger partial charge in [0.05, 0.1) is 12.0 Å². The van der Waals surface area contributed by atoms with Gasteiger partial charge in [0.1, 0.15) is 5.75 Å². The standard InChI is InChI=1S/C20H18N4O4S/c1-28-18-6-3-2-5-15(18)7-12-19(25)23-16-8-10-17(11-9-16)29(26,27)24-20-21-13-4-14-22-20/h2-14H,1H3,(H,23,25)(H,21,22,24). The lowest BCUT2D eigenvalue weighted by molar-refractivity contribution is -0.111. The van der Waals surface area contributed by atoms with Gasteiger partial charge >= 0.3 is 0 Å². The fraction of sp³-hybridized carbons (Fsp3) is 0.0500. The lowest BCUT2D eigenvalue weighted by Crippen LogP contribution is -2.15. The number of sulfonamides is 1. The highest BCUT2D eigenvalue weighted by molar-refractivity contribution is 7.92. The van der Waals surface area contributed by atoms with Crippen LogP contribution >= 0.6 is 0 Å². The van der Waals surface area contributed by atoms with Crippen LogP contribution < -0.4 is 14.8 Å². The summed E-state index contributed by atoms with van der Waals surface area (Å²) in [6.45, 7) is 0. The van der Waals surface area contributed by atoms with E-state index < -0.39 is 10.0 Å². The molecule has 0 unspecified atom stereocenters. The number of nitrogens with one attached hydrogen (secondary N) is 2. The van der Waals surface area contributed by atoms with E-state index in [4.69, 9.17) is 4.74 Å². The highest BCUT2D eigenvalue weighted by Crippen LogP contribution is 2.19. The number of hydrogen-bond donors (Lipinski definition) is 2. The van der Waals surface area contributed by atoms with Crippen molar-refractivity contribution in [3.63, 3.8) is 0 Å². The Morgan fingerprint density at radius 3 is 2.38 bits per heavy atom. The molecule has 0 fully saturated rings. The van der Waals surface area contributed by atoms with Crippen molar-refractivity contribution < 1.29 is 17.9 Å². The van der Waals surface area contributed by atoms with Crippen LogP contribution in [0.3, 0.4) is 0 Å². The van der Waals surface area contributed by atoms with Gasteiger partial charge in [-0.3, -0.25) is 4.79 Å². The monoisotopic (exact) mass is 410 g/mol. The van der Waals surface area contributed by atoms with E-state index in [1.54, 1.807) is 25.3 Å². The molecular formula is C20H18N4O4S. The van der Waals surface area contributed by atoms with Gasteiger partial charge in [-0.1, -0.05) is 18.2 Å². The first-order valence-corrected chi connectivity index (χ1v) is 9.98. The van der Waals surface area contributed by atoms with E-state index in [0.29, 0.717) is 11.4 Å². The van der Waals surface area contributed by atoms with Crippen LogP contribution in [-0.4, -0.2) is 31.4 Å². The minimum atomic E-state index is -3.83. The maximum Gasteiger partial charge on any atom is 0.264 e. The highest BCUT2D eigenvalue weighted by atomic mass is 32.2. The van der Waals surface area contributed by atoms with Gasteiger partial charge in [-0.25, -0.2) is 23.1 Å².